The van der Waals surface area contributed by atoms with Crippen LogP contribution in [0, 0.1) is 6.92 Å². The predicted octanol–water partition coefficient (Wildman–Crippen LogP) is 3.74. The maximum Gasteiger partial charge on any atom is 0.279 e. The van der Waals surface area contributed by atoms with Gasteiger partial charge in [0.25, 0.3) is 10.0 Å². The summed E-state index contributed by atoms with van der Waals surface area (Å²) in [5.74, 6) is 0. The number of allylic oxidation sites excluding steroid dienone is 1. The molecule has 0 saturated heterocycles. The lowest BCUT2D eigenvalue weighted by atomic mass is 10.00. The predicted molar refractivity (Wildman–Crippen MR) is 96.4 cm³/mol. The zero-order valence-corrected chi connectivity index (χ0v) is 14.8. The van der Waals surface area contributed by atoms with Crippen molar-refractivity contribution in [2.24, 2.45) is 5.10 Å². The minimum atomic E-state index is -3.65. The topological polar surface area (TPSA) is 49.7 Å². The van der Waals surface area contributed by atoms with E-state index in [0.29, 0.717) is 0 Å². The van der Waals surface area contributed by atoms with Gasteiger partial charge in [0.05, 0.1) is 17.2 Å². The molecular formula is C19H20N2O2S. The van der Waals surface area contributed by atoms with Crippen LogP contribution in [0.15, 0.2) is 75.7 Å². The first-order valence-corrected chi connectivity index (χ1v) is 9.24. The summed E-state index contributed by atoms with van der Waals surface area (Å²) in [5, 5.41) is 4.44. The first kappa shape index (κ1) is 16.5. The summed E-state index contributed by atoms with van der Waals surface area (Å²) in [6.07, 6.45) is 0. The number of benzene rings is 2. The lowest BCUT2D eigenvalue weighted by molar-refractivity contribution is 0.472. The molecule has 1 heterocycles. The first-order chi connectivity index (χ1) is 11.4. The van der Waals surface area contributed by atoms with Crippen LogP contribution in [-0.4, -0.2) is 25.1 Å². The molecule has 3 rings (SSSR count). The molecule has 24 heavy (non-hydrogen) atoms. The van der Waals surface area contributed by atoms with Crippen LogP contribution in [0.1, 0.15) is 25.0 Å². The average Bonchev–Trinajstić information content (AvgIpc) is 3.02. The van der Waals surface area contributed by atoms with Crippen LogP contribution >= 0.6 is 0 Å². The minimum absolute atomic E-state index is 0.263. The highest BCUT2D eigenvalue weighted by atomic mass is 32.2. The van der Waals surface area contributed by atoms with Gasteiger partial charge in [-0.1, -0.05) is 53.6 Å². The number of nitrogens with zero attached hydrogens (tertiary/aromatic N) is 2. The van der Waals surface area contributed by atoms with Gasteiger partial charge in [0.2, 0.25) is 0 Å². The summed E-state index contributed by atoms with van der Waals surface area (Å²) >= 11 is 0. The Bertz CT molecular complexity index is 908. The van der Waals surface area contributed by atoms with E-state index in [2.05, 4.69) is 5.10 Å². The Labute approximate surface area is 143 Å². The maximum atomic E-state index is 12.9. The molecule has 0 bridgehead atoms. The van der Waals surface area contributed by atoms with E-state index in [1.165, 1.54) is 4.41 Å². The van der Waals surface area contributed by atoms with Crippen molar-refractivity contribution in [2.75, 3.05) is 6.54 Å². The molecule has 2 aromatic carbocycles. The third-order valence-electron chi connectivity index (χ3n) is 4.04. The fraction of sp³-hybridized carbons (Fsp3) is 0.211. The van der Waals surface area contributed by atoms with Crippen molar-refractivity contribution in [2.45, 2.75) is 25.7 Å². The number of hydrazone groups is 1. The van der Waals surface area contributed by atoms with Gasteiger partial charge in [-0.25, -0.2) is 0 Å². The zero-order valence-electron chi connectivity index (χ0n) is 14.0. The molecule has 0 radical (unpaired) electrons. The maximum absolute atomic E-state index is 12.9. The highest BCUT2D eigenvalue weighted by molar-refractivity contribution is 7.89. The van der Waals surface area contributed by atoms with Gasteiger partial charge >= 0.3 is 0 Å². The summed E-state index contributed by atoms with van der Waals surface area (Å²) in [5.41, 5.74) is 4.70. The molecule has 0 saturated carbocycles. The van der Waals surface area contributed by atoms with E-state index in [9.17, 15) is 8.42 Å². The minimum Gasteiger partial charge on any atom is -0.200 e. The Morgan fingerprint density at radius 2 is 1.62 bits per heavy atom. The molecule has 0 aliphatic carbocycles. The van der Waals surface area contributed by atoms with E-state index in [0.717, 1.165) is 28.0 Å². The summed E-state index contributed by atoms with van der Waals surface area (Å²) in [7, 11) is -3.65. The van der Waals surface area contributed by atoms with Gasteiger partial charge in [-0.15, -0.1) is 0 Å². The van der Waals surface area contributed by atoms with Gasteiger partial charge < -0.3 is 0 Å². The van der Waals surface area contributed by atoms with E-state index in [1.807, 2.05) is 51.1 Å². The number of aryl methyl sites for hydroxylation is 1. The molecule has 0 fully saturated rings. The third-order valence-corrected chi connectivity index (χ3v) is 5.67. The molecule has 1 aliphatic rings. The molecule has 0 aromatic heterocycles. The second-order valence-electron chi connectivity index (χ2n) is 6.09. The standard InChI is InChI=1S/C19H20N2O2S/c1-14(2)18-13-21(20-19(18)16-7-5-4-6-8-16)24(22,23)17-11-9-15(3)10-12-17/h4-12H,13H2,1-3H3. The molecule has 1 aliphatic heterocycles. The Morgan fingerprint density at radius 3 is 2.21 bits per heavy atom. The van der Waals surface area contributed by atoms with Crippen molar-refractivity contribution in [1.29, 1.82) is 0 Å². The van der Waals surface area contributed by atoms with E-state index >= 15 is 0 Å². The molecular weight excluding hydrogens is 320 g/mol. The lowest BCUT2D eigenvalue weighted by Gasteiger charge is -2.14. The van der Waals surface area contributed by atoms with Crippen LogP contribution in [0.3, 0.4) is 0 Å². The van der Waals surface area contributed by atoms with Gasteiger partial charge in [0.1, 0.15) is 0 Å². The SMILES string of the molecule is CC(C)=C1CN(S(=O)(=O)c2ccc(C)cc2)N=C1c1ccccc1. The number of sulfonamides is 1. The second kappa shape index (κ2) is 6.24. The quantitative estimate of drug-likeness (QED) is 0.854. The molecule has 124 valence electrons. The van der Waals surface area contributed by atoms with Gasteiger partial charge in [-0.05, 0) is 32.9 Å². The Morgan fingerprint density at radius 1 is 1.00 bits per heavy atom. The first-order valence-electron chi connectivity index (χ1n) is 7.80. The highest BCUT2D eigenvalue weighted by Crippen LogP contribution is 2.27. The van der Waals surface area contributed by atoms with Crippen LogP contribution < -0.4 is 0 Å². The summed E-state index contributed by atoms with van der Waals surface area (Å²) in [6.45, 7) is 6.16. The van der Waals surface area contributed by atoms with Gasteiger partial charge in [0, 0.05) is 11.1 Å². The van der Waals surface area contributed by atoms with E-state index in [1.54, 1.807) is 24.3 Å². The smallest absolute Gasteiger partial charge is 0.200 e. The summed E-state index contributed by atoms with van der Waals surface area (Å²) < 4.78 is 27.0. The molecule has 0 N–H and O–H groups in total. The Kier molecular flexibility index (Phi) is 4.28. The van der Waals surface area contributed by atoms with Crippen LogP contribution in [0.5, 0.6) is 0 Å². The van der Waals surface area contributed by atoms with Crippen molar-refractivity contribution in [3.63, 3.8) is 0 Å². The van der Waals surface area contributed by atoms with Crippen molar-refractivity contribution in [1.82, 2.24) is 4.41 Å². The fourth-order valence-corrected chi connectivity index (χ4v) is 3.82. The summed E-state index contributed by atoms with van der Waals surface area (Å²) in [6, 6.07) is 16.5. The normalized spacial score (nSPS) is 14.7. The molecule has 0 unspecified atom stereocenters. The third kappa shape index (κ3) is 2.99. The van der Waals surface area contributed by atoms with Crippen molar-refractivity contribution in [3.8, 4) is 0 Å². The number of rotatable bonds is 3. The lowest BCUT2D eigenvalue weighted by Crippen LogP contribution is -2.24. The van der Waals surface area contributed by atoms with E-state index < -0.39 is 10.0 Å². The molecule has 0 amide bonds. The highest BCUT2D eigenvalue weighted by Gasteiger charge is 2.31. The fourth-order valence-electron chi connectivity index (χ4n) is 2.61. The molecule has 0 atom stereocenters. The molecule has 0 spiro atoms. The number of hydrogen-bond acceptors (Lipinski definition) is 3. The Balaban J connectivity index is 2.05. The van der Waals surface area contributed by atoms with Crippen LogP contribution in [0.25, 0.3) is 0 Å². The largest absolute Gasteiger partial charge is 0.279 e. The van der Waals surface area contributed by atoms with Crippen LogP contribution in [0.4, 0.5) is 0 Å². The Hall–Kier alpha value is -2.40. The molecule has 5 heteroatoms. The number of hydrogen-bond donors (Lipinski definition) is 0. The van der Waals surface area contributed by atoms with Gasteiger partial charge in [0.15, 0.2) is 0 Å². The zero-order chi connectivity index (χ0) is 17.3. The summed E-state index contributed by atoms with van der Waals surface area (Å²) in [4.78, 5) is 0.263. The molecule has 4 nitrogen and oxygen atoms in total. The van der Waals surface area contributed by atoms with E-state index in [4.69, 9.17) is 0 Å². The molecule has 2 aromatic rings. The van der Waals surface area contributed by atoms with E-state index in [-0.39, 0.29) is 11.4 Å². The van der Waals surface area contributed by atoms with Crippen molar-refractivity contribution >= 4 is 15.7 Å². The average molecular weight is 340 g/mol. The monoisotopic (exact) mass is 340 g/mol. The van der Waals surface area contributed by atoms with Crippen LogP contribution in [-0.2, 0) is 10.0 Å². The van der Waals surface area contributed by atoms with Crippen molar-refractivity contribution in [3.05, 3.63) is 76.9 Å². The van der Waals surface area contributed by atoms with Gasteiger partial charge in [-0.3, -0.25) is 0 Å². The van der Waals surface area contributed by atoms with Crippen molar-refractivity contribution < 1.29 is 8.42 Å². The van der Waals surface area contributed by atoms with Crippen LogP contribution in [0.2, 0.25) is 0 Å². The second-order valence-corrected chi connectivity index (χ2v) is 7.93. The van der Waals surface area contributed by atoms with Gasteiger partial charge in [-0.2, -0.15) is 17.9 Å².